The van der Waals surface area contributed by atoms with Gasteiger partial charge in [-0.3, -0.25) is 20.0 Å². The second kappa shape index (κ2) is 11.1. The molecule has 1 aliphatic heterocycles. The van der Waals surface area contributed by atoms with Gasteiger partial charge in [-0.15, -0.1) is 5.10 Å². The molecule has 0 radical (unpaired) electrons. The number of nitro groups is 1. The first-order valence-corrected chi connectivity index (χ1v) is 12.3. The van der Waals surface area contributed by atoms with Gasteiger partial charge in [0.25, 0.3) is 11.6 Å². The minimum absolute atomic E-state index is 0.00945. The quantitative estimate of drug-likeness (QED) is 0.171. The molecule has 10 nitrogen and oxygen atoms in total. The summed E-state index contributed by atoms with van der Waals surface area (Å²) in [5.41, 5.74) is 3.12. The van der Waals surface area contributed by atoms with Crippen LogP contribution in [-0.2, 0) is 6.42 Å². The number of carbonyl (C=O) groups is 1. The Bertz CT molecular complexity index is 1610. The number of carbonyl (C=O) groups excluding carboxylic acids is 1. The molecule has 39 heavy (non-hydrogen) atoms. The largest absolute Gasteiger partial charge is 0.489 e. The lowest BCUT2D eigenvalue weighted by molar-refractivity contribution is -0.384. The third-order valence-electron chi connectivity index (χ3n) is 6.04. The van der Waals surface area contributed by atoms with Crippen molar-refractivity contribution in [1.82, 2.24) is 20.5 Å². The van der Waals surface area contributed by atoms with Crippen LogP contribution in [0.1, 0.15) is 33.1 Å². The highest BCUT2D eigenvalue weighted by molar-refractivity contribution is 7.80. The van der Waals surface area contributed by atoms with Crippen molar-refractivity contribution in [1.29, 1.82) is 0 Å². The van der Waals surface area contributed by atoms with Crippen molar-refractivity contribution in [3.63, 3.8) is 0 Å². The number of likely N-dealkylation sites (N-methyl/N-ethyl adjacent to an activating group) is 1. The molecule has 1 atom stereocenters. The van der Waals surface area contributed by atoms with E-state index in [-0.39, 0.29) is 18.1 Å². The number of aromatic nitrogens is 3. The molecular formula is C28H22N6O4S. The van der Waals surface area contributed by atoms with Crippen LogP contribution in [0.4, 0.5) is 11.4 Å². The second-order valence-corrected chi connectivity index (χ2v) is 9.16. The van der Waals surface area contributed by atoms with Gasteiger partial charge < -0.3 is 15.0 Å². The first-order chi connectivity index (χ1) is 18.9. The zero-order chi connectivity index (χ0) is 27.4. The van der Waals surface area contributed by atoms with E-state index in [9.17, 15) is 14.9 Å². The molecule has 0 fully saturated rings. The van der Waals surface area contributed by atoms with Crippen LogP contribution < -0.4 is 15.0 Å². The topological polar surface area (TPSA) is 126 Å². The number of ether oxygens (including phenoxy) is 1. The molecule has 0 saturated heterocycles. The monoisotopic (exact) mass is 538 g/mol. The van der Waals surface area contributed by atoms with Crippen molar-refractivity contribution < 1.29 is 14.5 Å². The lowest BCUT2D eigenvalue weighted by Crippen LogP contribution is -2.48. The number of hydrogen-bond acceptors (Lipinski definition) is 7. The smallest absolute Gasteiger partial charge is 0.291 e. The van der Waals surface area contributed by atoms with Crippen LogP contribution in [0.15, 0.2) is 72.8 Å². The fourth-order valence-corrected chi connectivity index (χ4v) is 4.20. The molecule has 11 heteroatoms. The van der Waals surface area contributed by atoms with Crippen LogP contribution in [0, 0.1) is 22.0 Å². The third-order valence-corrected chi connectivity index (χ3v) is 6.60. The minimum Gasteiger partial charge on any atom is -0.489 e. The Balaban J connectivity index is 1.27. The molecule has 3 aromatic carbocycles. The normalized spacial score (nSPS) is 14.3. The number of rotatable bonds is 5. The molecule has 0 spiro atoms. The summed E-state index contributed by atoms with van der Waals surface area (Å²) < 4.78 is 5.97. The van der Waals surface area contributed by atoms with Crippen molar-refractivity contribution >= 4 is 34.5 Å². The number of nitrogens with zero attached hydrogens (tertiary/aromatic N) is 4. The van der Waals surface area contributed by atoms with E-state index in [1.807, 2.05) is 42.5 Å². The molecule has 2 heterocycles. The van der Waals surface area contributed by atoms with Gasteiger partial charge in [-0.2, -0.15) is 0 Å². The Morgan fingerprint density at radius 3 is 2.62 bits per heavy atom. The molecule has 0 unspecified atom stereocenters. The van der Waals surface area contributed by atoms with Crippen LogP contribution in [0.25, 0.3) is 0 Å². The van der Waals surface area contributed by atoms with Crippen LogP contribution in [0.3, 0.4) is 0 Å². The molecule has 1 amide bonds. The number of H-pyrrole nitrogens is 1. The maximum absolute atomic E-state index is 12.9. The van der Waals surface area contributed by atoms with Gasteiger partial charge in [0, 0.05) is 36.7 Å². The number of benzene rings is 3. The number of non-ortho nitro benzene ring substituents is 1. The number of nitrogens with one attached hydrogen (secondary N) is 2. The Morgan fingerprint density at radius 1 is 1.15 bits per heavy atom. The first-order valence-electron chi connectivity index (χ1n) is 11.9. The van der Waals surface area contributed by atoms with Gasteiger partial charge in [0.15, 0.2) is 0 Å². The van der Waals surface area contributed by atoms with Gasteiger partial charge in [-0.05, 0) is 35.9 Å². The number of amides is 1. The summed E-state index contributed by atoms with van der Waals surface area (Å²) in [4.78, 5) is 29.9. The summed E-state index contributed by atoms with van der Waals surface area (Å²) in [6, 6.07) is 20.7. The van der Waals surface area contributed by atoms with Gasteiger partial charge in [0.05, 0.1) is 10.6 Å². The molecule has 2 N–H and O–H groups in total. The van der Waals surface area contributed by atoms with Crippen LogP contribution in [0.2, 0.25) is 0 Å². The van der Waals surface area contributed by atoms with E-state index in [1.165, 1.54) is 12.1 Å². The SMILES string of the molecule is CN1C(=S)[C@@H](NC(=O)c2n[nH]c(Cc3ccccc3)n2)COc2ccc(C#Cc3ccc([N+](=O)[O-])cc3)cc21. The molecular weight excluding hydrogens is 516 g/mol. The molecule has 194 valence electrons. The first kappa shape index (κ1) is 25.6. The number of thiocarbonyl (C=S) groups is 1. The van der Waals surface area contributed by atoms with E-state index in [4.69, 9.17) is 17.0 Å². The number of nitro benzene ring substituents is 1. The van der Waals surface area contributed by atoms with E-state index in [0.717, 1.165) is 5.56 Å². The average molecular weight is 539 g/mol. The highest BCUT2D eigenvalue weighted by Gasteiger charge is 2.29. The van der Waals surface area contributed by atoms with Crippen molar-refractivity contribution in [2.24, 2.45) is 0 Å². The zero-order valence-corrected chi connectivity index (χ0v) is 21.6. The number of fused-ring (bicyclic) bond motifs is 1. The lowest BCUT2D eigenvalue weighted by atomic mass is 10.1. The summed E-state index contributed by atoms with van der Waals surface area (Å²) in [6.07, 6.45) is 0.527. The zero-order valence-electron chi connectivity index (χ0n) is 20.7. The van der Waals surface area contributed by atoms with E-state index in [2.05, 4.69) is 32.3 Å². The molecule has 0 aliphatic carbocycles. The number of aromatic amines is 1. The van der Waals surface area contributed by atoms with E-state index >= 15 is 0 Å². The fraction of sp³-hybridized carbons (Fsp3) is 0.143. The van der Waals surface area contributed by atoms with Gasteiger partial charge in [-0.25, -0.2) is 4.98 Å². The van der Waals surface area contributed by atoms with Gasteiger partial charge in [0.1, 0.15) is 29.2 Å². The van der Waals surface area contributed by atoms with Gasteiger partial charge >= 0.3 is 0 Å². The molecule has 0 bridgehead atoms. The predicted octanol–water partition coefficient (Wildman–Crippen LogP) is 3.66. The standard InChI is InChI=1S/C28H22N6O4S/c1-33-23-15-20(8-7-18-9-12-21(13-10-18)34(36)37)11-14-24(23)38-17-22(28(33)39)29-27(35)26-30-25(31-32-26)16-19-5-3-2-4-6-19/h2-6,9-15,22H,16-17H2,1H3,(H,29,35)(H,30,31,32)/t22-/m0/s1. The van der Waals surface area contributed by atoms with Crippen LogP contribution >= 0.6 is 12.2 Å². The van der Waals surface area contributed by atoms with Crippen molar-refractivity contribution in [2.75, 3.05) is 18.6 Å². The van der Waals surface area contributed by atoms with Crippen LogP contribution in [-0.4, -0.2) is 50.7 Å². The predicted molar refractivity (Wildman–Crippen MR) is 149 cm³/mol. The Morgan fingerprint density at radius 2 is 1.87 bits per heavy atom. The average Bonchev–Trinajstić information content (AvgIpc) is 3.38. The molecule has 5 rings (SSSR count). The van der Waals surface area contributed by atoms with Crippen molar-refractivity contribution in [3.8, 4) is 17.6 Å². The maximum Gasteiger partial charge on any atom is 0.291 e. The summed E-state index contributed by atoms with van der Waals surface area (Å²) >= 11 is 5.68. The third kappa shape index (κ3) is 5.92. The van der Waals surface area contributed by atoms with Crippen molar-refractivity contribution in [3.05, 3.63) is 111 Å². The van der Waals surface area contributed by atoms with E-state index < -0.39 is 16.9 Å². The van der Waals surface area contributed by atoms with Gasteiger partial charge in [0.2, 0.25) is 5.82 Å². The van der Waals surface area contributed by atoms with Gasteiger partial charge in [-0.1, -0.05) is 54.4 Å². The van der Waals surface area contributed by atoms with Crippen molar-refractivity contribution in [2.45, 2.75) is 12.5 Å². The summed E-state index contributed by atoms with van der Waals surface area (Å²) in [5.74, 6) is 6.81. The molecule has 0 saturated carbocycles. The highest BCUT2D eigenvalue weighted by atomic mass is 32.1. The van der Waals surface area contributed by atoms with E-state index in [0.29, 0.717) is 39.8 Å². The Kier molecular flexibility index (Phi) is 7.29. The fourth-order valence-electron chi connectivity index (χ4n) is 3.98. The molecule has 1 aliphatic rings. The highest BCUT2D eigenvalue weighted by Crippen LogP contribution is 2.32. The molecule has 4 aromatic rings. The summed E-state index contributed by atoms with van der Waals surface area (Å²) in [5, 5.41) is 20.6. The Labute approximate surface area is 229 Å². The maximum atomic E-state index is 12.9. The molecule has 1 aromatic heterocycles. The Hall–Kier alpha value is -5.08. The summed E-state index contributed by atoms with van der Waals surface area (Å²) in [7, 11) is 1.80. The van der Waals surface area contributed by atoms with Crippen LogP contribution in [0.5, 0.6) is 5.75 Å². The number of anilines is 1. The lowest BCUT2D eigenvalue weighted by Gasteiger charge is -2.23. The summed E-state index contributed by atoms with van der Waals surface area (Å²) in [6.45, 7) is 0.136. The van der Waals surface area contributed by atoms with E-state index in [1.54, 1.807) is 30.1 Å². The second-order valence-electron chi connectivity index (χ2n) is 8.74. The minimum atomic E-state index is -0.587. The number of hydrogen-bond donors (Lipinski definition) is 2.